The first-order valence-electron chi connectivity index (χ1n) is 10.2. The molecular formula is C23H30N2O2. The van der Waals surface area contributed by atoms with E-state index in [0.29, 0.717) is 13.1 Å². The van der Waals surface area contributed by atoms with Crippen molar-refractivity contribution < 1.29 is 9.59 Å². The Kier molecular flexibility index (Phi) is 7.26. The standard InChI is InChI=1S/C23H30N2O2/c26-22(12-11-19-7-3-1-4-8-19)25-17-14-21(15-18-25)23(27)24-16-13-20-9-5-2-6-10-20/h1,3-4,7-9,11-12,21H,2,5-6,10,13-18H2,(H,24,27)/b12-11+. The third-order valence-corrected chi connectivity index (χ3v) is 5.53. The van der Waals surface area contributed by atoms with Gasteiger partial charge in [-0.2, -0.15) is 0 Å². The van der Waals surface area contributed by atoms with Crippen LogP contribution in [0.3, 0.4) is 0 Å². The van der Waals surface area contributed by atoms with Gasteiger partial charge in [0.25, 0.3) is 0 Å². The quantitative estimate of drug-likeness (QED) is 0.612. The summed E-state index contributed by atoms with van der Waals surface area (Å²) >= 11 is 0. The Balaban J connectivity index is 1.37. The molecule has 144 valence electrons. The van der Waals surface area contributed by atoms with Gasteiger partial charge < -0.3 is 10.2 Å². The molecule has 3 rings (SSSR count). The molecular weight excluding hydrogens is 336 g/mol. The minimum Gasteiger partial charge on any atom is -0.356 e. The molecule has 1 saturated heterocycles. The van der Waals surface area contributed by atoms with Gasteiger partial charge in [0.05, 0.1) is 0 Å². The molecule has 0 atom stereocenters. The van der Waals surface area contributed by atoms with E-state index in [-0.39, 0.29) is 17.7 Å². The summed E-state index contributed by atoms with van der Waals surface area (Å²) in [4.78, 5) is 26.5. The Morgan fingerprint density at radius 3 is 2.59 bits per heavy atom. The SMILES string of the molecule is O=C(NCCC1=CCCCC1)C1CCN(C(=O)/C=C/c2ccccc2)CC1. The van der Waals surface area contributed by atoms with Crippen molar-refractivity contribution >= 4 is 17.9 Å². The summed E-state index contributed by atoms with van der Waals surface area (Å²) < 4.78 is 0. The highest BCUT2D eigenvalue weighted by Gasteiger charge is 2.26. The Hall–Kier alpha value is -2.36. The largest absolute Gasteiger partial charge is 0.356 e. The lowest BCUT2D eigenvalue weighted by Crippen LogP contribution is -2.42. The van der Waals surface area contributed by atoms with Gasteiger partial charge in [-0.25, -0.2) is 0 Å². The third-order valence-electron chi connectivity index (χ3n) is 5.53. The summed E-state index contributed by atoms with van der Waals surface area (Å²) in [6.07, 6.45) is 13.3. The minimum atomic E-state index is 0.0296. The highest BCUT2D eigenvalue weighted by atomic mass is 16.2. The number of nitrogens with one attached hydrogen (secondary N) is 1. The molecule has 4 heteroatoms. The number of benzene rings is 1. The molecule has 1 fully saturated rings. The van der Waals surface area contributed by atoms with Gasteiger partial charge in [-0.05, 0) is 56.6 Å². The van der Waals surface area contributed by atoms with E-state index in [9.17, 15) is 9.59 Å². The number of carbonyl (C=O) groups is 2. The van der Waals surface area contributed by atoms with Crippen LogP contribution >= 0.6 is 0 Å². The number of amides is 2. The summed E-state index contributed by atoms with van der Waals surface area (Å²) in [6.45, 7) is 2.05. The van der Waals surface area contributed by atoms with Crippen molar-refractivity contribution in [3.05, 3.63) is 53.6 Å². The predicted molar refractivity (Wildman–Crippen MR) is 109 cm³/mol. The summed E-state index contributed by atoms with van der Waals surface area (Å²) in [6, 6.07) is 9.83. The van der Waals surface area contributed by atoms with Gasteiger partial charge in [0.1, 0.15) is 0 Å². The van der Waals surface area contributed by atoms with Crippen molar-refractivity contribution in [2.45, 2.75) is 44.9 Å². The lowest BCUT2D eigenvalue weighted by atomic mass is 9.95. The normalized spacial score (nSPS) is 18.4. The van der Waals surface area contributed by atoms with E-state index in [0.717, 1.165) is 31.4 Å². The lowest BCUT2D eigenvalue weighted by molar-refractivity contribution is -0.132. The van der Waals surface area contributed by atoms with Gasteiger partial charge >= 0.3 is 0 Å². The second-order valence-corrected chi connectivity index (χ2v) is 7.49. The molecule has 1 aliphatic carbocycles. The number of nitrogens with zero attached hydrogens (tertiary/aromatic N) is 1. The average Bonchev–Trinajstić information content (AvgIpc) is 2.73. The van der Waals surface area contributed by atoms with Gasteiger partial charge in [0.2, 0.25) is 11.8 Å². The van der Waals surface area contributed by atoms with Crippen molar-refractivity contribution in [3.8, 4) is 0 Å². The number of carbonyl (C=O) groups excluding carboxylic acids is 2. The van der Waals surface area contributed by atoms with Gasteiger partial charge in [-0.3, -0.25) is 9.59 Å². The lowest BCUT2D eigenvalue weighted by Gasteiger charge is -2.30. The maximum absolute atomic E-state index is 12.4. The Bertz CT molecular complexity index is 686. The van der Waals surface area contributed by atoms with E-state index in [1.807, 2.05) is 41.3 Å². The maximum Gasteiger partial charge on any atom is 0.246 e. The molecule has 2 amide bonds. The molecule has 1 aromatic carbocycles. The first kappa shape index (κ1) is 19.4. The van der Waals surface area contributed by atoms with E-state index < -0.39 is 0 Å². The fraction of sp³-hybridized carbons (Fsp3) is 0.478. The number of allylic oxidation sites excluding steroid dienone is 1. The third kappa shape index (κ3) is 6.09. The highest BCUT2D eigenvalue weighted by molar-refractivity contribution is 5.92. The second kappa shape index (κ2) is 10.1. The van der Waals surface area contributed by atoms with Gasteiger partial charge in [0, 0.05) is 31.6 Å². The fourth-order valence-electron chi connectivity index (χ4n) is 3.82. The van der Waals surface area contributed by atoms with Gasteiger partial charge in [-0.15, -0.1) is 0 Å². The first-order chi connectivity index (χ1) is 13.2. The molecule has 0 aromatic heterocycles. The van der Waals surface area contributed by atoms with Crippen LogP contribution in [0, 0.1) is 5.92 Å². The summed E-state index contributed by atoms with van der Waals surface area (Å²) in [7, 11) is 0. The van der Waals surface area contributed by atoms with Crippen LogP contribution in [0.4, 0.5) is 0 Å². The van der Waals surface area contributed by atoms with Crippen LogP contribution in [0.25, 0.3) is 6.08 Å². The van der Waals surface area contributed by atoms with Crippen molar-refractivity contribution in [2.24, 2.45) is 5.92 Å². The predicted octanol–water partition coefficient (Wildman–Crippen LogP) is 3.95. The zero-order valence-electron chi connectivity index (χ0n) is 16.0. The van der Waals surface area contributed by atoms with Crippen LogP contribution in [0.5, 0.6) is 0 Å². The molecule has 1 aliphatic heterocycles. The van der Waals surface area contributed by atoms with Crippen LogP contribution in [-0.2, 0) is 9.59 Å². The smallest absolute Gasteiger partial charge is 0.246 e. The monoisotopic (exact) mass is 366 g/mol. The van der Waals surface area contributed by atoms with Gasteiger partial charge in [-0.1, -0.05) is 42.0 Å². The van der Waals surface area contributed by atoms with Crippen LogP contribution in [0.2, 0.25) is 0 Å². The molecule has 0 spiro atoms. The van der Waals surface area contributed by atoms with Crippen LogP contribution in [0.15, 0.2) is 48.1 Å². The van der Waals surface area contributed by atoms with Crippen LogP contribution in [-0.4, -0.2) is 36.3 Å². The zero-order valence-corrected chi connectivity index (χ0v) is 16.0. The van der Waals surface area contributed by atoms with Crippen LogP contribution < -0.4 is 5.32 Å². The van der Waals surface area contributed by atoms with E-state index in [4.69, 9.17) is 0 Å². The maximum atomic E-state index is 12.4. The Morgan fingerprint density at radius 1 is 1.11 bits per heavy atom. The average molecular weight is 367 g/mol. The highest BCUT2D eigenvalue weighted by Crippen LogP contribution is 2.20. The number of rotatable bonds is 6. The molecule has 1 N–H and O–H groups in total. The Morgan fingerprint density at radius 2 is 1.89 bits per heavy atom. The van der Waals surface area contributed by atoms with Crippen molar-refractivity contribution in [1.82, 2.24) is 10.2 Å². The summed E-state index contributed by atoms with van der Waals surface area (Å²) in [5.41, 5.74) is 2.51. The second-order valence-electron chi connectivity index (χ2n) is 7.49. The van der Waals surface area contributed by atoms with Gasteiger partial charge in [0.15, 0.2) is 0 Å². The van der Waals surface area contributed by atoms with E-state index in [1.54, 1.807) is 6.08 Å². The summed E-state index contributed by atoms with van der Waals surface area (Å²) in [5, 5.41) is 3.09. The minimum absolute atomic E-state index is 0.0296. The van der Waals surface area contributed by atoms with E-state index in [2.05, 4.69) is 11.4 Å². The topological polar surface area (TPSA) is 49.4 Å². The molecule has 0 saturated carbocycles. The van der Waals surface area contributed by atoms with Crippen molar-refractivity contribution in [1.29, 1.82) is 0 Å². The molecule has 0 radical (unpaired) electrons. The molecule has 0 bridgehead atoms. The van der Waals surface area contributed by atoms with E-state index in [1.165, 1.54) is 31.3 Å². The number of piperidine rings is 1. The molecule has 27 heavy (non-hydrogen) atoms. The first-order valence-corrected chi connectivity index (χ1v) is 10.2. The molecule has 1 heterocycles. The number of hydrogen-bond acceptors (Lipinski definition) is 2. The number of hydrogen-bond donors (Lipinski definition) is 1. The molecule has 1 aromatic rings. The molecule has 0 unspecified atom stereocenters. The zero-order chi connectivity index (χ0) is 18.9. The van der Waals surface area contributed by atoms with Crippen molar-refractivity contribution in [2.75, 3.05) is 19.6 Å². The summed E-state index contributed by atoms with van der Waals surface area (Å²) in [5.74, 6) is 0.216. The number of likely N-dealkylation sites (tertiary alicyclic amines) is 1. The van der Waals surface area contributed by atoms with E-state index >= 15 is 0 Å². The Labute approximate surface area is 162 Å². The van der Waals surface area contributed by atoms with Crippen LogP contribution in [0.1, 0.15) is 50.5 Å². The van der Waals surface area contributed by atoms with Crippen molar-refractivity contribution in [3.63, 3.8) is 0 Å². The molecule has 4 nitrogen and oxygen atoms in total. The molecule has 2 aliphatic rings. The fourth-order valence-corrected chi connectivity index (χ4v) is 3.82.